The van der Waals surface area contributed by atoms with Crippen molar-refractivity contribution in [1.82, 2.24) is 15.5 Å². The number of carbonyl (C=O) groups excluding carboxylic acids is 1. The van der Waals surface area contributed by atoms with Crippen LogP contribution in [-0.4, -0.2) is 35.2 Å². The van der Waals surface area contributed by atoms with Crippen LogP contribution in [0.5, 0.6) is 0 Å². The summed E-state index contributed by atoms with van der Waals surface area (Å²) in [6.45, 7) is 1.63. The highest BCUT2D eigenvalue weighted by atomic mass is 35.5. The molecule has 1 aliphatic carbocycles. The Hall–Kier alpha value is -2.14. The minimum absolute atomic E-state index is 0.0390. The van der Waals surface area contributed by atoms with Crippen molar-refractivity contribution < 1.29 is 4.79 Å². The fourth-order valence-corrected chi connectivity index (χ4v) is 4.18. The van der Waals surface area contributed by atoms with Crippen LogP contribution in [0.2, 0.25) is 5.02 Å². The van der Waals surface area contributed by atoms with Crippen LogP contribution in [0, 0.1) is 5.92 Å². The largest absolute Gasteiger partial charge is 0.354 e. The van der Waals surface area contributed by atoms with Crippen molar-refractivity contribution in [1.29, 1.82) is 0 Å². The first kappa shape index (κ1) is 18.2. The molecule has 1 aromatic heterocycles. The summed E-state index contributed by atoms with van der Waals surface area (Å²) in [5.41, 5.74) is 1.81. The predicted octanol–water partition coefficient (Wildman–Crippen LogP) is 4.07. The van der Waals surface area contributed by atoms with Gasteiger partial charge in [-0.3, -0.25) is 4.79 Å². The van der Waals surface area contributed by atoms with Gasteiger partial charge in [0.2, 0.25) is 5.91 Å². The zero-order valence-corrected chi connectivity index (χ0v) is 16.2. The molecule has 0 radical (unpaired) electrons. The van der Waals surface area contributed by atoms with Gasteiger partial charge in [0.15, 0.2) is 5.82 Å². The molecule has 2 aromatic rings. The van der Waals surface area contributed by atoms with E-state index < -0.39 is 0 Å². The number of hydrogen-bond donors (Lipinski definition) is 1. The van der Waals surface area contributed by atoms with E-state index >= 15 is 0 Å². The molecule has 1 saturated heterocycles. The maximum absolute atomic E-state index is 12.6. The monoisotopic (exact) mass is 384 g/mol. The molecule has 1 N–H and O–H groups in total. The van der Waals surface area contributed by atoms with Crippen LogP contribution in [0.1, 0.15) is 38.5 Å². The van der Waals surface area contributed by atoms with E-state index in [1.165, 1.54) is 12.8 Å². The van der Waals surface area contributed by atoms with E-state index in [-0.39, 0.29) is 11.8 Å². The molecule has 1 atom stereocenters. The zero-order valence-electron chi connectivity index (χ0n) is 15.4. The molecule has 2 heterocycles. The Morgan fingerprint density at radius 2 is 1.78 bits per heavy atom. The summed E-state index contributed by atoms with van der Waals surface area (Å²) in [6.07, 6.45) is 6.67. The number of aromatic nitrogens is 2. The number of amides is 1. The predicted molar refractivity (Wildman–Crippen MR) is 108 cm³/mol. The number of piperidine rings is 1. The fourth-order valence-electron chi connectivity index (χ4n) is 4.06. The SMILES string of the molecule is O=C(NC1CCCC1)C1CCCN(c2ccc(-c3ccc(Cl)cc3)nn2)C1. The summed E-state index contributed by atoms with van der Waals surface area (Å²) in [6, 6.07) is 11.9. The lowest BCUT2D eigenvalue weighted by atomic mass is 9.96. The molecule has 2 fully saturated rings. The average molecular weight is 385 g/mol. The van der Waals surface area contributed by atoms with Crippen molar-refractivity contribution in [3.05, 3.63) is 41.4 Å². The van der Waals surface area contributed by atoms with Gasteiger partial charge in [-0.05, 0) is 49.9 Å². The van der Waals surface area contributed by atoms with Crippen LogP contribution in [0.15, 0.2) is 36.4 Å². The van der Waals surface area contributed by atoms with Gasteiger partial charge in [0.1, 0.15) is 0 Å². The molecule has 1 aliphatic heterocycles. The van der Waals surface area contributed by atoms with Gasteiger partial charge in [-0.25, -0.2) is 0 Å². The Morgan fingerprint density at radius 3 is 2.48 bits per heavy atom. The van der Waals surface area contributed by atoms with E-state index in [0.29, 0.717) is 17.6 Å². The third kappa shape index (κ3) is 4.41. The van der Waals surface area contributed by atoms with Gasteiger partial charge < -0.3 is 10.2 Å². The number of carbonyl (C=O) groups is 1. The Labute approximate surface area is 165 Å². The lowest BCUT2D eigenvalue weighted by Crippen LogP contribution is -2.45. The molecule has 4 rings (SSSR count). The summed E-state index contributed by atoms with van der Waals surface area (Å²) >= 11 is 5.94. The lowest BCUT2D eigenvalue weighted by Gasteiger charge is -2.33. The van der Waals surface area contributed by atoms with E-state index in [2.05, 4.69) is 20.4 Å². The lowest BCUT2D eigenvalue weighted by molar-refractivity contribution is -0.125. The molecule has 2 aliphatic rings. The zero-order chi connectivity index (χ0) is 18.6. The molecule has 1 aromatic carbocycles. The van der Waals surface area contributed by atoms with E-state index in [9.17, 15) is 4.79 Å². The van der Waals surface area contributed by atoms with Crippen molar-refractivity contribution >= 4 is 23.3 Å². The first-order valence-corrected chi connectivity index (χ1v) is 10.2. The quantitative estimate of drug-likeness (QED) is 0.863. The summed E-state index contributed by atoms with van der Waals surface area (Å²) in [5, 5.41) is 12.7. The molecule has 1 unspecified atom stereocenters. The minimum Gasteiger partial charge on any atom is -0.354 e. The first-order chi connectivity index (χ1) is 13.2. The molecule has 0 spiro atoms. The third-order valence-electron chi connectivity index (χ3n) is 5.61. The van der Waals surface area contributed by atoms with Gasteiger partial charge >= 0.3 is 0 Å². The Bertz CT molecular complexity index is 772. The fraction of sp³-hybridized carbons (Fsp3) is 0.476. The van der Waals surface area contributed by atoms with Crippen LogP contribution in [0.25, 0.3) is 11.3 Å². The number of nitrogens with zero attached hydrogens (tertiary/aromatic N) is 3. The standard InChI is InChI=1S/C21H25ClN4O/c22-17-9-7-15(8-10-17)19-11-12-20(25-24-19)26-13-3-4-16(14-26)21(27)23-18-5-1-2-6-18/h7-12,16,18H,1-6,13-14H2,(H,23,27). The van der Waals surface area contributed by atoms with Crippen molar-refractivity contribution in [2.75, 3.05) is 18.0 Å². The second-order valence-corrected chi connectivity index (χ2v) is 8.00. The van der Waals surface area contributed by atoms with Gasteiger partial charge in [-0.1, -0.05) is 36.6 Å². The highest BCUT2D eigenvalue weighted by Crippen LogP contribution is 2.25. The van der Waals surface area contributed by atoms with E-state index in [4.69, 9.17) is 11.6 Å². The number of nitrogens with one attached hydrogen (secondary N) is 1. The molecule has 0 bridgehead atoms. The van der Waals surface area contributed by atoms with Crippen LogP contribution in [0.3, 0.4) is 0 Å². The van der Waals surface area contributed by atoms with E-state index in [1.54, 1.807) is 0 Å². The average Bonchev–Trinajstić information content (AvgIpc) is 3.22. The highest BCUT2D eigenvalue weighted by molar-refractivity contribution is 6.30. The van der Waals surface area contributed by atoms with Crippen molar-refractivity contribution in [2.45, 2.75) is 44.6 Å². The van der Waals surface area contributed by atoms with Crippen LogP contribution < -0.4 is 10.2 Å². The number of rotatable bonds is 4. The number of benzene rings is 1. The first-order valence-electron chi connectivity index (χ1n) is 9.84. The van der Waals surface area contributed by atoms with Crippen LogP contribution >= 0.6 is 11.6 Å². The van der Waals surface area contributed by atoms with Gasteiger partial charge in [0.05, 0.1) is 11.6 Å². The molecule has 6 heteroatoms. The van der Waals surface area contributed by atoms with Crippen molar-refractivity contribution in [2.24, 2.45) is 5.92 Å². The summed E-state index contributed by atoms with van der Waals surface area (Å²) < 4.78 is 0. The van der Waals surface area contributed by atoms with Gasteiger partial charge in [0.25, 0.3) is 0 Å². The molecule has 1 saturated carbocycles. The topological polar surface area (TPSA) is 58.1 Å². The van der Waals surface area contributed by atoms with Crippen LogP contribution in [-0.2, 0) is 4.79 Å². The summed E-state index contributed by atoms with van der Waals surface area (Å²) in [4.78, 5) is 14.8. The van der Waals surface area contributed by atoms with Gasteiger partial charge in [0, 0.05) is 29.7 Å². The number of anilines is 1. The maximum atomic E-state index is 12.6. The number of hydrogen-bond acceptors (Lipinski definition) is 4. The normalized spacial score (nSPS) is 20.6. The molecule has 142 valence electrons. The molecular formula is C21H25ClN4O. The second-order valence-electron chi connectivity index (χ2n) is 7.56. The molecular weight excluding hydrogens is 360 g/mol. The minimum atomic E-state index is 0.0390. The van der Waals surface area contributed by atoms with Gasteiger partial charge in [-0.2, -0.15) is 0 Å². The van der Waals surface area contributed by atoms with E-state index in [0.717, 1.165) is 49.3 Å². The molecule has 1 amide bonds. The Balaban J connectivity index is 1.40. The second kappa shape index (κ2) is 8.26. The molecule has 27 heavy (non-hydrogen) atoms. The van der Waals surface area contributed by atoms with Crippen LogP contribution in [0.4, 0.5) is 5.82 Å². The third-order valence-corrected chi connectivity index (χ3v) is 5.86. The van der Waals surface area contributed by atoms with Crippen molar-refractivity contribution in [3.8, 4) is 11.3 Å². The highest BCUT2D eigenvalue weighted by Gasteiger charge is 2.28. The maximum Gasteiger partial charge on any atom is 0.225 e. The van der Waals surface area contributed by atoms with Crippen molar-refractivity contribution in [3.63, 3.8) is 0 Å². The Morgan fingerprint density at radius 1 is 1.00 bits per heavy atom. The number of halogens is 1. The summed E-state index contributed by atoms with van der Waals surface area (Å²) in [5.74, 6) is 1.08. The molecule has 5 nitrogen and oxygen atoms in total. The summed E-state index contributed by atoms with van der Waals surface area (Å²) in [7, 11) is 0. The van der Waals surface area contributed by atoms with Gasteiger partial charge in [-0.15, -0.1) is 10.2 Å². The smallest absolute Gasteiger partial charge is 0.225 e. The Kier molecular flexibility index (Phi) is 5.58. The van der Waals surface area contributed by atoms with E-state index in [1.807, 2.05) is 36.4 Å².